The van der Waals surface area contributed by atoms with Crippen LogP contribution in [0.15, 0.2) is 48.5 Å². The molecule has 0 aliphatic rings. The topological polar surface area (TPSA) is 105 Å². The first-order valence-corrected chi connectivity index (χ1v) is 7.91. The largest absolute Gasteiger partial charge is 0.465 e. The van der Waals surface area contributed by atoms with Crippen molar-refractivity contribution in [2.75, 3.05) is 28.4 Å². The van der Waals surface area contributed by atoms with Gasteiger partial charge in [-0.3, -0.25) is 0 Å². The fourth-order valence-electron chi connectivity index (χ4n) is 2.07. The summed E-state index contributed by atoms with van der Waals surface area (Å²) >= 11 is 0. The predicted octanol–water partition coefficient (Wildman–Crippen LogP) is 2.52. The molecule has 0 radical (unpaired) electrons. The molecular weight excluding hydrogens is 368 g/mol. The number of ether oxygens (including phenoxy) is 4. The first-order valence-electron chi connectivity index (χ1n) is 7.91. The van der Waals surface area contributed by atoms with E-state index in [9.17, 15) is 19.2 Å². The third-order valence-electron chi connectivity index (χ3n) is 3.44. The van der Waals surface area contributed by atoms with E-state index >= 15 is 0 Å². The SMILES string of the molecule is COC(=O)c1cccc(C(=O)OC)c1.COC(=O)c1ccccc1C(=O)OC. The average Bonchev–Trinajstić information content (AvgIpc) is 2.77. The van der Waals surface area contributed by atoms with Crippen molar-refractivity contribution in [1.29, 1.82) is 0 Å². The molecule has 2 aromatic carbocycles. The zero-order valence-corrected chi connectivity index (χ0v) is 15.9. The number of hydrogen-bond donors (Lipinski definition) is 0. The summed E-state index contributed by atoms with van der Waals surface area (Å²) in [5.41, 5.74) is 1.08. The maximum Gasteiger partial charge on any atom is 0.338 e. The van der Waals surface area contributed by atoms with Crippen molar-refractivity contribution < 1.29 is 38.1 Å². The number of rotatable bonds is 4. The van der Waals surface area contributed by atoms with E-state index in [2.05, 4.69) is 18.9 Å². The molecular formula is C20H20O8. The van der Waals surface area contributed by atoms with Gasteiger partial charge in [0.1, 0.15) is 0 Å². The molecule has 0 spiro atoms. The highest BCUT2D eigenvalue weighted by Crippen LogP contribution is 2.11. The number of hydrogen-bond acceptors (Lipinski definition) is 8. The van der Waals surface area contributed by atoms with Gasteiger partial charge < -0.3 is 18.9 Å². The summed E-state index contributed by atoms with van der Waals surface area (Å²) < 4.78 is 18.1. The molecule has 0 saturated carbocycles. The summed E-state index contributed by atoms with van der Waals surface area (Å²) in [4.78, 5) is 44.7. The smallest absolute Gasteiger partial charge is 0.338 e. The van der Waals surface area contributed by atoms with Gasteiger partial charge in [0, 0.05) is 0 Å². The van der Waals surface area contributed by atoms with Crippen LogP contribution in [-0.2, 0) is 18.9 Å². The second kappa shape index (κ2) is 11.1. The van der Waals surface area contributed by atoms with E-state index in [0.29, 0.717) is 11.1 Å². The molecule has 2 rings (SSSR count). The van der Waals surface area contributed by atoms with Gasteiger partial charge in [-0.25, -0.2) is 19.2 Å². The van der Waals surface area contributed by atoms with Crippen LogP contribution in [0.3, 0.4) is 0 Å². The predicted molar refractivity (Wildman–Crippen MR) is 98.2 cm³/mol. The molecule has 0 aromatic heterocycles. The van der Waals surface area contributed by atoms with Crippen molar-refractivity contribution in [3.05, 3.63) is 70.8 Å². The Balaban J connectivity index is 0.000000280. The molecule has 0 fully saturated rings. The molecule has 0 amide bonds. The van der Waals surface area contributed by atoms with Gasteiger partial charge in [0.15, 0.2) is 0 Å². The van der Waals surface area contributed by atoms with Crippen LogP contribution in [0, 0.1) is 0 Å². The molecule has 8 nitrogen and oxygen atoms in total. The molecule has 8 heteroatoms. The van der Waals surface area contributed by atoms with Crippen molar-refractivity contribution in [3.8, 4) is 0 Å². The zero-order chi connectivity index (χ0) is 21.1. The Labute approximate surface area is 162 Å². The van der Waals surface area contributed by atoms with E-state index in [1.165, 1.54) is 46.6 Å². The number of carbonyl (C=O) groups excluding carboxylic acids is 4. The van der Waals surface area contributed by atoms with Crippen LogP contribution in [0.4, 0.5) is 0 Å². The lowest BCUT2D eigenvalue weighted by Crippen LogP contribution is -2.11. The van der Waals surface area contributed by atoms with Crippen LogP contribution in [0.1, 0.15) is 41.4 Å². The van der Waals surface area contributed by atoms with Gasteiger partial charge >= 0.3 is 23.9 Å². The van der Waals surface area contributed by atoms with E-state index < -0.39 is 23.9 Å². The Hall–Kier alpha value is -3.68. The molecule has 0 aliphatic carbocycles. The number of benzene rings is 2. The fourth-order valence-corrected chi connectivity index (χ4v) is 2.07. The van der Waals surface area contributed by atoms with Gasteiger partial charge in [-0.05, 0) is 30.3 Å². The second-order valence-electron chi connectivity index (χ2n) is 5.09. The van der Waals surface area contributed by atoms with E-state index in [0.717, 1.165) is 0 Å². The average molecular weight is 388 g/mol. The van der Waals surface area contributed by atoms with Gasteiger partial charge in [-0.1, -0.05) is 18.2 Å². The first-order chi connectivity index (χ1) is 13.4. The minimum absolute atomic E-state index is 0.210. The van der Waals surface area contributed by atoms with Crippen molar-refractivity contribution in [2.45, 2.75) is 0 Å². The third-order valence-corrected chi connectivity index (χ3v) is 3.44. The second-order valence-corrected chi connectivity index (χ2v) is 5.09. The Morgan fingerprint density at radius 1 is 0.536 bits per heavy atom. The first kappa shape index (κ1) is 22.4. The number of carbonyl (C=O) groups is 4. The minimum atomic E-state index is -0.550. The van der Waals surface area contributed by atoms with Crippen LogP contribution in [0.2, 0.25) is 0 Å². The Kier molecular flexibility index (Phi) is 8.88. The van der Waals surface area contributed by atoms with Gasteiger partial charge in [0.25, 0.3) is 0 Å². The van der Waals surface area contributed by atoms with Crippen molar-refractivity contribution in [3.63, 3.8) is 0 Å². The Morgan fingerprint density at radius 3 is 1.21 bits per heavy atom. The lowest BCUT2D eigenvalue weighted by atomic mass is 10.1. The molecule has 0 saturated heterocycles. The maximum atomic E-state index is 11.2. The van der Waals surface area contributed by atoms with Gasteiger partial charge in [-0.2, -0.15) is 0 Å². The molecule has 0 bridgehead atoms. The summed E-state index contributed by atoms with van der Waals surface area (Å²) in [5.74, 6) is -2.05. The molecule has 0 N–H and O–H groups in total. The van der Waals surface area contributed by atoms with Gasteiger partial charge in [0.05, 0.1) is 50.7 Å². The van der Waals surface area contributed by atoms with Crippen molar-refractivity contribution >= 4 is 23.9 Å². The molecule has 28 heavy (non-hydrogen) atoms. The molecule has 0 unspecified atom stereocenters. The lowest BCUT2D eigenvalue weighted by Gasteiger charge is -2.04. The summed E-state index contributed by atoms with van der Waals surface area (Å²) in [7, 11) is 5.09. The standard InChI is InChI=1S/2C10H10O4/c1-13-9(11)7-4-3-5-8(6-7)10(12)14-2;1-13-9(11)7-5-3-4-6-8(7)10(12)14-2/h2*3-6H,1-2H3. The number of methoxy groups -OCH3 is 4. The highest BCUT2D eigenvalue weighted by molar-refractivity contribution is 6.03. The lowest BCUT2D eigenvalue weighted by molar-refractivity contribution is 0.0555. The highest BCUT2D eigenvalue weighted by Gasteiger charge is 2.16. The van der Waals surface area contributed by atoms with E-state index in [1.807, 2.05) is 0 Å². The summed E-state index contributed by atoms with van der Waals surface area (Å²) in [6.45, 7) is 0. The maximum absolute atomic E-state index is 11.2. The van der Waals surface area contributed by atoms with Crippen LogP contribution < -0.4 is 0 Å². The van der Waals surface area contributed by atoms with E-state index in [4.69, 9.17) is 0 Å². The van der Waals surface area contributed by atoms with Crippen molar-refractivity contribution in [1.82, 2.24) is 0 Å². The van der Waals surface area contributed by atoms with Crippen LogP contribution in [0.5, 0.6) is 0 Å². The normalized spacial score (nSPS) is 9.29. The molecule has 0 aliphatic heterocycles. The van der Waals surface area contributed by atoms with Crippen LogP contribution in [0.25, 0.3) is 0 Å². The van der Waals surface area contributed by atoms with Crippen LogP contribution in [-0.4, -0.2) is 52.3 Å². The molecule has 148 valence electrons. The fraction of sp³-hybridized carbons (Fsp3) is 0.200. The quantitative estimate of drug-likeness (QED) is 0.581. The molecule has 0 heterocycles. The highest BCUT2D eigenvalue weighted by atomic mass is 16.5. The number of esters is 4. The van der Waals surface area contributed by atoms with Crippen molar-refractivity contribution in [2.24, 2.45) is 0 Å². The Morgan fingerprint density at radius 2 is 0.893 bits per heavy atom. The zero-order valence-electron chi connectivity index (χ0n) is 15.9. The summed E-state index contributed by atoms with van der Waals surface area (Å²) in [6.07, 6.45) is 0. The minimum Gasteiger partial charge on any atom is -0.465 e. The van der Waals surface area contributed by atoms with Gasteiger partial charge in [-0.15, -0.1) is 0 Å². The molecule has 0 atom stereocenters. The summed E-state index contributed by atoms with van der Waals surface area (Å²) in [6, 6.07) is 12.5. The van der Waals surface area contributed by atoms with Gasteiger partial charge in [0.2, 0.25) is 0 Å². The van der Waals surface area contributed by atoms with E-state index in [-0.39, 0.29) is 11.1 Å². The third kappa shape index (κ3) is 5.94. The monoisotopic (exact) mass is 388 g/mol. The molecule has 2 aromatic rings. The summed E-state index contributed by atoms with van der Waals surface area (Å²) in [5, 5.41) is 0. The Bertz CT molecular complexity index is 791. The van der Waals surface area contributed by atoms with Crippen LogP contribution >= 0.6 is 0 Å². The van der Waals surface area contributed by atoms with E-state index in [1.54, 1.807) is 30.3 Å².